The lowest BCUT2D eigenvalue weighted by Gasteiger charge is -2.12. The van der Waals surface area contributed by atoms with Gasteiger partial charge in [-0.25, -0.2) is 0 Å². The van der Waals surface area contributed by atoms with Crippen LogP contribution in [0.3, 0.4) is 0 Å². The molecule has 0 spiro atoms. The van der Waals surface area contributed by atoms with Gasteiger partial charge in [-0.3, -0.25) is 4.98 Å². The molecule has 0 bridgehead atoms. The van der Waals surface area contributed by atoms with E-state index >= 15 is 0 Å². The van der Waals surface area contributed by atoms with Crippen molar-refractivity contribution < 1.29 is 0 Å². The van der Waals surface area contributed by atoms with Gasteiger partial charge in [-0.05, 0) is 78.6 Å². The van der Waals surface area contributed by atoms with Crippen LogP contribution in [0.5, 0.6) is 0 Å². The van der Waals surface area contributed by atoms with Gasteiger partial charge in [0.25, 0.3) is 0 Å². The average Bonchev–Trinajstić information content (AvgIpc) is 3.19. The van der Waals surface area contributed by atoms with Gasteiger partial charge in [-0.1, -0.05) is 60.7 Å². The summed E-state index contributed by atoms with van der Waals surface area (Å²) < 4.78 is 2.35. The monoisotopic (exact) mass is 424 g/mol. The predicted octanol–water partition coefficient (Wildman–Crippen LogP) is 8.13. The molecular formula is C31H24N2. The van der Waals surface area contributed by atoms with E-state index in [1.807, 2.05) is 12.3 Å². The number of pyridine rings is 1. The summed E-state index contributed by atoms with van der Waals surface area (Å²) in [6.45, 7) is 4.28. The second kappa shape index (κ2) is 7.75. The highest BCUT2D eigenvalue weighted by Crippen LogP contribution is 2.36. The number of aryl methyl sites for hydroxylation is 2. The number of para-hydroxylation sites is 2. The first-order chi connectivity index (χ1) is 16.2. The fourth-order valence-electron chi connectivity index (χ4n) is 4.83. The first kappa shape index (κ1) is 19.5. The molecular weight excluding hydrogens is 400 g/mol. The van der Waals surface area contributed by atoms with Crippen molar-refractivity contribution in [3.05, 3.63) is 120 Å². The lowest BCUT2D eigenvalue weighted by Crippen LogP contribution is -1.93. The molecule has 0 saturated carbocycles. The van der Waals surface area contributed by atoms with Crippen LogP contribution in [-0.2, 0) is 0 Å². The van der Waals surface area contributed by atoms with Gasteiger partial charge in [-0.2, -0.15) is 0 Å². The van der Waals surface area contributed by atoms with E-state index in [0.29, 0.717) is 0 Å². The molecule has 2 aromatic heterocycles. The third kappa shape index (κ3) is 3.23. The van der Waals surface area contributed by atoms with Crippen LogP contribution >= 0.6 is 0 Å². The van der Waals surface area contributed by atoms with Gasteiger partial charge in [0, 0.05) is 28.2 Å². The minimum Gasteiger partial charge on any atom is -0.309 e. The zero-order valence-electron chi connectivity index (χ0n) is 18.8. The summed E-state index contributed by atoms with van der Waals surface area (Å²) in [5.41, 5.74) is 10.7. The van der Waals surface area contributed by atoms with E-state index < -0.39 is 0 Å². The summed E-state index contributed by atoms with van der Waals surface area (Å²) in [7, 11) is 0. The molecule has 2 heterocycles. The van der Waals surface area contributed by atoms with Crippen molar-refractivity contribution in [3.8, 4) is 28.1 Å². The minimum absolute atomic E-state index is 1.05. The van der Waals surface area contributed by atoms with Gasteiger partial charge in [0.15, 0.2) is 0 Å². The Morgan fingerprint density at radius 1 is 0.576 bits per heavy atom. The Kier molecular flexibility index (Phi) is 4.58. The normalized spacial score (nSPS) is 11.3. The van der Waals surface area contributed by atoms with Crippen molar-refractivity contribution in [3.63, 3.8) is 0 Å². The Hall–Kier alpha value is -4.17. The lowest BCUT2D eigenvalue weighted by atomic mass is 9.95. The van der Waals surface area contributed by atoms with E-state index in [2.05, 4.69) is 120 Å². The van der Waals surface area contributed by atoms with Gasteiger partial charge < -0.3 is 4.57 Å². The van der Waals surface area contributed by atoms with Crippen LogP contribution in [0.2, 0.25) is 0 Å². The molecule has 2 heteroatoms. The fraction of sp³-hybridized carbons (Fsp3) is 0.0645. The van der Waals surface area contributed by atoms with Crippen molar-refractivity contribution in [1.82, 2.24) is 9.55 Å². The van der Waals surface area contributed by atoms with Crippen LogP contribution < -0.4 is 0 Å². The highest BCUT2D eigenvalue weighted by atomic mass is 15.0. The van der Waals surface area contributed by atoms with Crippen LogP contribution in [0, 0.1) is 13.8 Å². The maximum Gasteiger partial charge on any atom is 0.0733 e. The highest BCUT2D eigenvalue weighted by molar-refractivity contribution is 6.10. The fourth-order valence-corrected chi connectivity index (χ4v) is 4.83. The number of nitrogens with zero attached hydrogens (tertiary/aromatic N) is 2. The topological polar surface area (TPSA) is 17.8 Å². The zero-order chi connectivity index (χ0) is 22.4. The maximum absolute atomic E-state index is 4.67. The van der Waals surface area contributed by atoms with Crippen LogP contribution in [-0.4, -0.2) is 9.55 Å². The summed E-state index contributed by atoms with van der Waals surface area (Å²) >= 11 is 0. The van der Waals surface area contributed by atoms with Gasteiger partial charge in [0.2, 0.25) is 0 Å². The van der Waals surface area contributed by atoms with Crippen molar-refractivity contribution in [1.29, 1.82) is 0 Å². The molecule has 6 aromatic rings. The molecule has 0 amide bonds. The summed E-state index contributed by atoms with van der Waals surface area (Å²) in [6, 6.07) is 36.9. The quantitative estimate of drug-likeness (QED) is 0.280. The zero-order valence-corrected chi connectivity index (χ0v) is 18.8. The second-order valence-corrected chi connectivity index (χ2v) is 8.62. The second-order valence-electron chi connectivity index (χ2n) is 8.62. The number of hydrogen-bond acceptors (Lipinski definition) is 1. The van der Waals surface area contributed by atoms with Crippen LogP contribution in [0.15, 0.2) is 109 Å². The van der Waals surface area contributed by atoms with Crippen LogP contribution in [0.1, 0.15) is 11.1 Å². The van der Waals surface area contributed by atoms with Crippen molar-refractivity contribution >= 4 is 21.8 Å². The third-order valence-electron chi connectivity index (χ3n) is 6.52. The molecule has 0 atom stereocenters. The molecule has 33 heavy (non-hydrogen) atoms. The maximum atomic E-state index is 4.67. The van der Waals surface area contributed by atoms with Gasteiger partial charge in [0.1, 0.15) is 0 Å². The number of aromatic nitrogens is 2. The number of fused-ring (bicyclic) bond motifs is 3. The summed E-state index contributed by atoms with van der Waals surface area (Å²) in [5, 5.41) is 2.54. The van der Waals surface area contributed by atoms with Gasteiger partial charge in [-0.15, -0.1) is 0 Å². The van der Waals surface area contributed by atoms with E-state index in [1.54, 1.807) is 0 Å². The smallest absolute Gasteiger partial charge is 0.0733 e. The summed E-state index contributed by atoms with van der Waals surface area (Å²) in [6.07, 6.45) is 1.87. The standard InChI is InChI=1S/C31H24N2/c1-21-14-15-23(19-27(21)31-22(2)9-8-18-32-31)24-16-17-30-28(20-24)26-12-6-7-13-29(26)33(30)25-10-4-3-5-11-25/h3-20H,1-2H3. The minimum atomic E-state index is 1.05. The molecule has 0 saturated heterocycles. The van der Waals surface area contributed by atoms with Crippen molar-refractivity contribution in [2.75, 3.05) is 0 Å². The van der Waals surface area contributed by atoms with Crippen LogP contribution in [0.4, 0.5) is 0 Å². The van der Waals surface area contributed by atoms with E-state index in [9.17, 15) is 0 Å². The van der Waals surface area contributed by atoms with Gasteiger partial charge >= 0.3 is 0 Å². The number of rotatable bonds is 3. The molecule has 0 aliphatic carbocycles. The first-order valence-corrected chi connectivity index (χ1v) is 11.3. The largest absolute Gasteiger partial charge is 0.309 e. The molecule has 0 radical (unpaired) electrons. The summed E-state index contributed by atoms with van der Waals surface area (Å²) in [5.74, 6) is 0. The number of benzene rings is 4. The molecule has 0 aliphatic heterocycles. The molecule has 4 aromatic carbocycles. The van der Waals surface area contributed by atoms with Gasteiger partial charge in [0.05, 0.1) is 16.7 Å². The van der Waals surface area contributed by atoms with E-state index in [0.717, 1.165) is 5.69 Å². The SMILES string of the molecule is Cc1ccc(-c2ccc3c(c2)c2ccccc2n3-c2ccccc2)cc1-c1ncccc1C. The Morgan fingerprint density at radius 2 is 1.30 bits per heavy atom. The third-order valence-corrected chi connectivity index (χ3v) is 6.52. The van der Waals surface area contributed by atoms with E-state index in [4.69, 9.17) is 0 Å². The van der Waals surface area contributed by atoms with E-state index in [-0.39, 0.29) is 0 Å². The molecule has 6 rings (SSSR count). The first-order valence-electron chi connectivity index (χ1n) is 11.3. The molecule has 0 N–H and O–H groups in total. The Labute approximate surface area is 193 Å². The molecule has 158 valence electrons. The lowest BCUT2D eigenvalue weighted by molar-refractivity contribution is 1.18. The molecule has 0 unspecified atom stereocenters. The highest BCUT2D eigenvalue weighted by Gasteiger charge is 2.14. The van der Waals surface area contributed by atoms with Crippen LogP contribution in [0.25, 0.3) is 49.9 Å². The Balaban J connectivity index is 1.57. The molecule has 0 fully saturated rings. The average molecular weight is 425 g/mol. The van der Waals surface area contributed by atoms with Crippen molar-refractivity contribution in [2.24, 2.45) is 0 Å². The van der Waals surface area contributed by atoms with E-state index in [1.165, 1.54) is 55.3 Å². The number of hydrogen-bond donors (Lipinski definition) is 0. The Bertz CT molecular complexity index is 1620. The Morgan fingerprint density at radius 3 is 2.15 bits per heavy atom. The van der Waals surface area contributed by atoms with Crippen molar-refractivity contribution in [2.45, 2.75) is 13.8 Å². The predicted molar refractivity (Wildman–Crippen MR) is 139 cm³/mol. The summed E-state index contributed by atoms with van der Waals surface area (Å²) in [4.78, 5) is 4.67. The molecule has 2 nitrogen and oxygen atoms in total. The molecule has 0 aliphatic rings.